The monoisotopic (exact) mass is 431 g/mol. The minimum Gasteiger partial charge on any atom is -0.476 e. The number of nitrogens with zero attached hydrogens (tertiary/aromatic N) is 3. The quantitative estimate of drug-likeness (QED) is 0.640. The van der Waals surface area contributed by atoms with E-state index < -0.39 is 46.1 Å². The first-order valence-corrected chi connectivity index (χ1v) is 9.41. The standard InChI is InChI=1S/C15H15F2N5O6S/c1-7-12(6-21(20-7)14(16)17)29(26,27)22-5-11(13(18)23)28-10-3-2-8(4-9(10)22)19-15(24)25/h2-4,6,11,14,19H,5H2,1H3,(H2,18,23)(H,24,25). The fraction of sp³-hybridized carbons (Fsp3) is 0.267. The number of rotatable bonds is 5. The molecule has 156 valence electrons. The number of hydrogen-bond acceptors (Lipinski definition) is 6. The fourth-order valence-electron chi connectivity index (χ4n) is 2.77. The third-order valence-corrected chi connectivity index (χ3v) is 5.92. The minimum absolute atomic E-state index is 0.0255. The lowest BCUT2D eigenvalue weighted by Gasteiger charge is -2.34. The smallest absolute Gasteiger partial charge is 0.409 e. The molecule has 1 unspecified atom stereocenters. The van der Waals surface area contributed by atoms with Crippen LogP contribution in [0.4, 0.5) is 25.0 Å². The first kappa shape index (κ1) is 20.3. The maximum Gasteiger partial charge on any atom is 0.409 e. The van der Waals surface area contributed by atoms with Gasteiger partial charge in [0.05, 0.1) is 24.1 Å². The molecule has 0 bridgehead atoms. The van der Waals surface area contributed by atoms with Gasteiger partial charge < -0.3 is 15.6 Å². The van der Waals surface area contributed by atoms with Gasteiger partial charge in [-0.2, -0.15) is 13.9 Å². The van der Waals surface area contributed by atoms with Crippen LogP contribution < -0.4 is 20.1 Å². The Bertz CT molecular complexity index is 1090. The molecular weight excluding hydrogens is 416 g/mol. The number of aromatic nitrogens is 2. The molecule has 29 heavy (non-hydrogen) atoms. The second-order valence-electron chi connectivity index (χ2n) is 5.99. The molecule has 3 rings (SSSR count). The van der Waals surface area contributed by atoms with E-state index in [1.807, 2.05) is 0 Å². The van der Waals surface area contributed by atoms with Gasteiger partial charge >= 0.3 is 12.6 Å². The Morgan fingerprint density at radius 2 is 2.10 bits per heavy atom. The van der Waals surface area contributed by atoms with Crippen molar-refractivity contribution < 1.29 is 36.6 Å². The lowest BCUT2D eigenvalue weighted by atomic mass is 10.2. The van der Waals surface area contributed by atoms with Crippen LogP contribution in [0.2, 0.25) is 0 Å². The van der Waals surface area contributed by atoms with Crippen molar-refractivity contribution in [3.05, 3.63) is 30.1 Å². The summed E-state index contributed by atoms with van der Waals surface area (Å²) in [5.41, 5.74) is 4.99. The van der Waals surface area contributed by atoms with Crippen molar-refractivity contribution in [3.63, 3.8) is 0 Å². The van der Waals surface area contributed by atoms with E-state index >= 15 is 0 Å². The number of ether oxygens (including phenoxy) is 1. The third kappa shape index (κ3) is 3.78. The highest BCUT2D eigenvalue weighted by Gasteiger charge is 2.38. The van der Waals surface area contributed by atoms with Gasteiger partial charge in [-0.15, -0.1) is 0 Å². The van der Waals surface area contributed by atoms with Crippen molar-refractivity contribution in [2.24, 2.45) is 5.73 Å². The minimum atomic E-state index is -4.48. The molecule has 2 aromatic rings. The Morgan fingerprint density at radius 1 is 1.41 bits per heavy atom. The molecule has 0 aliphatic carbocycles. The van der Waals surface area contributed by atoms with Crippen LogP contribution in [0.3, 0.4) is 0 Å². The zero-order valence-electron chi connectivity index (χ0n) is 14.7. The summed E-state index contributed by atoms with van der Waals surface area (Å²) < 4.78 is 58.5. The van der Waals surface area contributed by atoms with Crippen LogP contribution in [0, 0.1) is 6.92 Å². The Morgan fingerprint density at radius 3 is 2.66 bits per heavy atom. The van der Waals surface area contributed by atoms with Crippen LogP contribution in [0.15, 0.2) is 29.3 Å². The summed E-state index contributed by atoms with van der Waals surface area (Å²) in [6.45, 7) is -2.36. The molecule has 1 aliphatic rings. The van der Waals surface area contributed by atoms with Crippen molar-refractivity contribution in [2.75, 3.05) is 16.2 Å². The summed E-state index contributed by atoms with van der Waals surface area (Å²) in [5.74, 6) is -0.998. The zero-order valence-corrected chi connectivity index (χ0v) is 15.6. The summed E-state index contributed by atoms with van der Waals surface area (Å²) in [6.07, 6.45) is -2.07. The average molecular weight is 431 g/mol. The molecule has 0 saturated carbocycles. The number of aryl methyl sites for hydroxylation is 1. The molecule has 1 aromatic heterocycles. The molecule has 2 amide bonds. The van der Waals surface area contributed by atoms with Crippen molar-refractivity contribution in [1.29, 1.82) is 0 Å². The lowest BCUT2D eigenvalue weighted by Crippen LogP contribution is -2.49. The molecule has 1 atom stereocenters. The number of alkyl halides is 2. The Labute approximate surface area is 162 Å². The summed E-state index contributed by atoms with van der Waals surface area (Å²) in [7, 11) is -4.48. The topological polar surface area (TPSA) is 157 Å². The molecule has 2 heterocycles. The number of nitrogens with two attached hydrogens (primary N) is 1. The summed E-state index contributed by atoms with van der Waals surface area (Å²) in [5, 5.41) is 14.4. The van der Waals surface area contributed by atoms with E-state index in [-0.39, 0.29) is 27.5 Å². The molecule has 1 aromatic carbocycles. The number of benzene rings is 1. The highest BCUT2D eigenvalue weighted by Crippen LogP contribution is 2.39. The maximum absolute atomic E-state index is 13.2. The highest BCUT2D eigenvalue weighted by atomic mass is 32.2. The Kier molecular flexibility index (Phi) is 5.04. The van der Waals surface area contributed by atoms with Gasteiger partial charge in [-0.25, -0.2) is 17.9 Å². The van der Waals surface area contributed by atoms with Gasteiger partial charge in [-0.3, -0.25) is 14.4 Å². The van der Waals surface area contributed by atoms with Crippen LogP contribution in [0.5, 0.6) is 5.75 Å². The number of sulfonamides is 1. The average Bonchev–Trinajstić information content (AvgIpc) is 3.03. The number of carbonyl (C=O) groups excluding carboxylic acids is 1. The van der Waals surface area contributed by atoms with Crippen LogP contribution in [0.1, 0.15) is 12.2 Å². The predicted molar refractivity (Wildman–Crippen MR) is 94.4 cm³/mol. The summed E-state index contributed by atoms with van der Waals surface area (Å²) in [4.78, 5) is 22.0. The highest BCUT2D eigenvalue weighted by molar-refractivity contribution is 7.92. The lowest BCUT2D eigenvalue weighted by molar-refractivity contribution is -0.124. The van der Waals surface area contributed by atoms with Gasteiger partial charge in [0.1, 0.15) is 10.6 Å². The van der Waals surface area contributed by atoms with E-state index in [9.17, 15) is 26.8 Å². The molecule has 1 aliphatic heterocycles. The SMILES string of the molecule is Cc1nn(C(F)F)cc1S(=O)(=O)N1CC(C(N)=O)Oc2ccc(NC(=O)O)cc21. The van der Waals surface area contributed by atoms with Gasteiger partial charge in [0.2, 0.25) is 0 Å². The van der Waals surface area contributed by atoms with Crippen LogP contribution >= 0.6 is 0 Å². The Balaban J connectivity index is 2.14. The number of anilines is 2. The van der Waals surface area contributed by atoms with Gasteiger partial charge in [-0.05, 0) is 25.1 Å². The normalized spacial score (nSPS) is 16.3. The number of halogens is 2. The summed E-state index contributed by atoms with van der Waals surface area (Å²) in [6, 6.07) is 3.72. The number of carbonyl (C=O) groups is 2. The Hall–Kier alpha value is -3.42. The molecule has 14 heteroatoms. The molecule has 0 spiro atoms. The molecule has 11 nitrogen and oxygen atoms in total. The van der Waals surface area contributed by atoms with Crippen molar-refractivity contribution in [2.45, 2.75) is 24.5 Å². The van der Waals surface area contributed by atoms with E-state index in [2.05, 4.69) is 10.4 Å². The number of fused-ring (bicyclic) bond motifs is 1. The van der Waals surface area contributed by atoms with Gasteiger partial charge in [0.25, 0.3) is 15.9 Å². The molecule has 0 fully saturated rings. The fourth-order valence-corrected chi connectivity index (χ4v) is 4.39. The number of carboxylic acid groups (broad SMARTS) is 1. The molecule has 4 N–H and O–H groups in total. The van der Waals surface area contributed by atoms with Gasteiger partial charge in [0, 0.05) is 5.69 Å². The predicted octanol–water partition coefficient (Wildman–Crippen LogP) is 1.12. The van der Waals surface area contributed by atoms with E-state index in [0.29, 0.717) is 6.20 Å². The number of amides is 2. The number of hydrogen-bond donors (Lipinski definition) is 3. The van der Waals surface area contributed by atoms with Crippen molar-refractivity contribution in [3.8, 4) is 5.75 Å². The van der Waals surface area contributed by atoms with E-state index in [1.54, 1.807) is 0 Å². The second kappa shape index (κ2) is 7.20. The maximum atomic E-state index is 13.2. The summed E-state index contributed by atoms with van der Waals surface area (Å²) >= 11 is 0. The van der Waals surface area contributed by atoms with E-state index in [4.69, 9.17) is 15.6 Å². The van der Waals surface area contributed by atoms with E-state index in [1.165, 1.54) is 25.1 Å². The van der Waals surface area contributed by atoms with Crippen molar-refractivity contribution in [1.82, 2.24) is 9.78 Å². The van der Waals surface area contributed by atoms with Crippen LogP contribution in [0.25, 0.3) is 0 Å². The van der Waals surface area contributed by atoms with Gasteiger partial charge in [0.15, 0.2) is 6.10 Å². The number of nitrogens with one attached hydrogen (secondary N) is 1. The van der Waals surface area contributed by atoms with E-state index in [0.717, 1.165) is 4.31 Å². The second-order valence-corrected chi connectivity index (χ2v) is 7.82. The third-order valence-electron chi connectivity index (χ3n) is 4.04. The largest absolute Gasteiger partial charge is 0.476 e. The zero-order chi connectivity index (χ0) is 21.5. The first-order valence-electron chi connectivity index (χ1n) is 7.97. The van der Waals surface area contributed by atoms with Gasteiger partial charge in [-0.1, -0.05) is 0 Å². The van der Waals surface area contributed by atoms with Crippen LogP contribution in [-0.4, -0.2) is 48.0 Å². The first-order chi connectivity index (χ1) is 13.5. The molecule has 0 radical (unpaired) electrons. The molecule has 0 saturated heterocycles. The number of primary amides is 1. The van der Waals surface area contributed by atoms with Crippen LogP contribution in [-0.2, 0) is 14.8 Å². The molecular formula is C15H15F2N5O6S. The van der Waals surface area contributed by atoms with Crippen molar-refractivity contribution >= 4 is 33.4 Å².